The second kappa shape index (κ2) is 7.47. The van der Waals surface area contributed by atoms with E-state index in [2.05, 4.69) is 0 Å². The number of ether oxygens (including phenoxy) is 1. The van der Waals surface area contributed by atoms with Gasteiger partial charge in [0.1, 0.15) is 11.9 Å². The van der Waals surface area contributed by atoms with Gasteiger partial charge in [0.05, 0.1) is 16.6 Å². The Balaban J connectivity index is 1.67. The Labute approximate surface area is 178 Å². The highest BCUT2D eigenvalue weighted by molar-refractivity contribution is 7.92. The smallest absolute Gasteiger partial charge is 0.264 e. The lowest BCUT2D eigenvalue weighted by Gasteiger charge is -2.44. The highest BCUT2D eigenvalue weighted by Gasteiger charge is 2.43. The van der Waals surface area contributed by atoms with Crippen molar-refractivity contribution in [2.45, 2.75) is 49.6 Å². The SMILES string of the molecule is Cc1ccc(S(=O)(=O)N2c3cc(-c4ccccc4)ccc3O[C@H]3CCCC[C@@H]32)cc1. The maximum absolute atomic E-state index is 13.8. The molecule has 5 rings (SSSR count). The third-order valence-corrected chi connectivity index (χ3v) is 7.98. The van der Waals surface area contributed by atoms with Crippen molar-refractivity contribution in [3.8, 4) is 16.9 Å². The second-order valence-electron chi connectivity index (χ2n) is 8.17. The van der Waals surface area contributed by atoms with E-state index in [-0.39, 0.29) is 12.1 Å². The molecule has 0 unspecified atom stereocenters. The van der Waals surface area contributed by atoms with Crippen LogP contribution in [0.3, 0.4) is 0 Å². The number of aryl methyl sites for hydroxylation is 1. The summed E-state index contributed by atoms with van der Waals surface area (Å²) in [6.45, 7) is 1.96. The van der Waals surface area contributed by atoms with E-state index < -0.39 is 10.0 Å². The zero-order valence-electron chi connectivity index (χ0n) is 17.0. The summed E-state index contributed by atoms with van der Waals surface area (Å²) in [5, 5.41) is 0. The topological polar surface area (TPSA) is 46.6 Å². The highest BCUT2D eigenvalue weighted by atomic mass is 32.2. The molecule has 2 atom stereocenters. The Hall–Kier alpha value is -2.79. The van der Waals surface area contributed by atoms with E-state index in [1.54, 1.807) is 16.4 Å². The summed E-state index contributed by atoms with van der Waals surface area (Å²) in [5.41, 5.74) is 3.72. The third kappa shape index (κ3) is 3.27. The third-order valence-electron chi connectivity index (χ3n) is 6.13. The molecule has 0 radical (unpaired) electrons. The Morgan fingerprint density at radius 1 is 0.867 bits per heavy atom. The molecule has 1 saturated carbocycles. The first kappa shape index (κ1) is 19.2. The fourth-order valence-corrected chi connectivity index (χ4v) is 6.26. The molecule has 1 heterocycles. The standard InChI is InChI=1S/C25H25NO3S/c1-18-11-14-21(15-12-18)30(27,28)26-22-9-5-6-10-24(22)29-25-16-13-20(17-23(25)26)19-7-3-2-4-8-19/h2-4,7-8,11-17,22,24H,5-6,9-10H2,1H3/t22-,24-/m0/s1. The van der Waals surface area contributed by atoms with E-state index in [1.807, 2.05) is 67.6 Å². The van der Waals surface area contributed by atoms with Gasteiger partial charge < -0.3 is 4.74 Å². The molecule has 4 nitrogen and oxygen atoms in total. The molecular weight excluding hydrogens is 394 g/mol. The largest absolute Gasteiger partial charge is 0.486 e. The molecule has 154 valence electrons. The van der Waals surface area contributed by atoms with E-state index in [1.165, 1.54) is 0 Å². The minimum absolute atomic E-state index is 0.103. The van der Waals surface area contributed by atoms with Crippen LogP contribution in [-0.4, -0.2) is 20.6 Å². The monoisotopic (exact) mass is 419 g/mol. The van der Waals surface area contributed by atoms with E-state index >= 15 is 0 Å². The Morgan fingerprint density at radius 2 is 1.60 bits per heavy atom. The first-order valence-corrected chi connectivity index (χ1v) is 12.0. The van der Waals surface area contributed by atoms with Crippen molar-refractivity contribution in [3.63, 3.8) is 0 Å². The van der Waals surface area contributed by atoms with Crippen LogP contribution in [0.5, 0.6) is 5.75 Å². The fourth-order valence-electron chi connectivity index (χ4n) is 4.56. The number of hydrogen-bond donors (Lipinski definition) is 0. The van der Waals surface area contributed by atoms with E-state index in [4.69, 9.17) is 4.74 Å². The van der Waals surface area contributed by atoms with Crippen LogP contribution >= 0.6 is 0 Å². The normalized spacial score (nSPS) is 20.8. The Bertz CT molecular complexity index is 1160. The van der Waals surface area contributed by atoms with Crippen molar-refractivity contribution in [3.05, 3.63) is 78.4 Å². The van der Waals surface area contributed by atoms with Crippen molar-refractivity contribution in [1.82, 2.24) is 0 Å². The molecule has 30 heavy (non-hydrogen) atoms. The number of anilines is 1. The summed E-state index contributed by atoms with van der Waals surface area (Å²) < 4.78 is 35.6. The average molecular weight is 420 g/mol. The summed E-state index contributed by atoms with van der Waals surface area (Å²) in [7, 11) is -3.71. The minimum Gasteiger partial charge on any atom is -0.486 e. The quantitative estimate of drug-likeness (QED) is 0.558. The van der Waals surface area contributed by atoms with Gasteiger partial charge in [-0.2, -0.15) is 0 Å². The summed E-state index contributed by atoms with van der Waals surface area (Å²) in [5.74, 6) is 0.647. The zero-order valence-corrected chi connectivity index (χ0v) is 17.8. The van der Waals surface area contributed by atoms with Gasteiger partial charge in [-0.1, -0.05) is 60.5 Å². The van der Waals surface area contributed by atoms with Crippen LogP contribution in [0, 0.1) is 6.92 Å². The van der Waals surface area contributed by atoms with Crippen LogP contribution < -0.4 is 9.04 Å². The van der Waals surface area contributed by atoms with Crippen LogP contribution in [0.25, 0.3) is 11.1 Å². The van der Waals surface area contributed by atoms with Crippen LogP contribution in [0.1, 0.15) is 31.2 Å². The molecule has 1 fully saturated rings. The molecule has 0 bridgehead atoms. The maximum Gasteiger partial charge on any atom is 0.264 e. The lowest BCUT2D eigenvalue weighted by atomic mass is 9.90. The van der Waals surface area contributed by atoms with E-state index in [9.17, 15) is 8.42 Å². The second-order valence-corrected chi connectivity index (χ2v) is 9.99. The van der Waals surface area contributed by atoms with Crippen molar-refractivity contribution in [2.24, 2.45) is 0 Å². The van der Waals surface area contributed by atoms with Gasteiger partial charge in [0, 0.05) is 0 Å². The summed E-state index contributed by atoms with van der Waals surface area (Å²) in [4.78, 5) is 0.329. The van der Waals surface area contributed by atoms with Crippen LogP contribution in [0.15, 0.2) is 77.7 Å². The zero-order chi connectivity index (χ0) is 20.7. The van der Waals surface area contributed by atoms with Crippen LogP contribution in [-0.2, 0) is 10.0 Å². The van der Waals surface area contributed by atoms with Crippen molar-refractivity contribution >= 4 is 15.7 Å². The van der Waals surface area contributed by atoms with E-state index in [0.717, 1.165) is 42.4 Å². The molecule has 5 heteroatoms. The van der Waals surface area contributed by atoms with Gasteiger partial charge in [0.15, 0.2) is 0 Å². The average Bonchev–Trinajstić information content (AvgIpc) is 2.78. The predicted octanol–water partition coefficient (Wildman–Crippen LogP) is 5.56. The van der Waals surface area contributed by atoms with Gasteiger partial charge in [-0.3, -0.25) is 4.31 Å². The van der Waals surface area contributed by atoms with Gasteiger partial charge >= 0.3 is 0 Å². The molecule has 0 spiro atoms. The molecule has 3 aromatic carbocycles. The maximum atomic E-state index is 13.8. The highest BCUT2D eigenvalue weighted by Crippen LogP contribution is 2.45. The molecule has 2 aliphatic rings. The van der Waals surface area contributed by atoms with Crippen molar-refractivity contribution in [2.75, 3.05) is 4.31 Å². The van der Waals surface area contributed by atoms with Crippen LogP contribution in [0.2, 0.25) is 0 Å². The van der Waals surface area contributed by atoms with Crippen molar-refractivity contribution < 1.29 is 13.2 Å². The van der Waals surface area contributed by atoms with Gasteiger partial charge in [-0.25, -0.2) is 8.42 Å². The number of fused-ring (bicyclic) bond motifs is 2. The molecule has 1 aliphatic carbocycles. The summed E-state index contributed by atoms with van der Waals surface area (Å²) >= 11 is 0. The minimum atomic E-state index is -3.71. The first-order valence-electron chi connectivity index (χ1n) is 10.5. The Morgan fingerprint density at radius 3 is 2.37 bits per heavy atom. The van der Waals surface area contributed by atoms with E-state index in [0.29, 0.717) is 16.3 Å². The number of rotatable bonds is 3. The first-order chi connectivity index (χ1) is 14.5. The molecule has 3 aromatic rings. The number of hydrogen-bond acceptors (Lipinski definition) is 3. The Kier molecular flexibility index (Phi) is 4.78. The number of nitrogens with zero attached hydrogens (tertiary/aromatic N) is 1. The van der Waals surface area contributed by atoms with Gasteiger partial charge in [0.2, 0.25) is 0 Å². The molecule has 1 aliphatic heterocycles. The predicted molar refractivity (Wildman–Crippen MR) is 119 cm³/mol. The fraction of sp³-hybridized carbons (Fsp3) is 0.280. The summed E-state index contributed by atoms with van der Waals surface area (Å²) in [6, 6.07) is 22.9. The van der Waals surface area contributed by atoms with Crippen molar-refractivity contribution in [1.29, 1.82) is 0 Å². The van der Waals surface area contributed by atoms with Gasteiger partial charge in [-0.15, -0.1) is 0 Å². The molecule has 0 N–H and O–H groups in total. The van der Waals surface area contributed by atoms with Crippen LogP contribution in [0.4, 0.5) is 5.69 Å². The lowest BCUT2D eigenvalue weighted by Crippen LogP contribution is -2.53. The molecule has 0 aromatic heterocycles. The molecule has 0 amide bonds. The lowest BCUT2D eigenvalue weighted by molar-refractivity contribution is 0.122. The van der Waals surface area contributed by atoms with Gasteiger partial charge in [0.25, 0.3) is 10.0 Å². The molecule has 0 saturated heterocycles. The van der Waals surface area contributed by atoms with Gasteiger partial charge in [-0.05, 0) is 61.6 Å². The number of sulfonamides is 1. The number of benzene rings is 3. The molecular formula is C25H25NO3S. The summed E-state index contributed by atoms with van der Waals surface area (Å²) in [6.07, 6.45) is 3.67.